The average molecular weight is 790 g/mol. The lowest BCUT2D eigenvalue weighted by Gasteiger charge is -2.30. The van der Waals surface area contributed by atoms with E-state index >= 15 is 0 Å². The first kappa shape index (κ1) is 37.9. The number of anilines is 1. The van der Waals surface area contributed by atoms with E-state index < -0.39 is 73.9 Å². The smallest absolute Gasteiger partial charge is 0.416 e. The molecule has 290 valence electrons. The average Bonchev–Trinajstić information content (AvgIpc) is 3.94. The summed E-state index contributed by atoms with van der Waals surface area (Å²) in [6, 6.07) is 7.83. The van der Waals surface area contributed by atoms with Gasteiger partial charge in [-0.3, -0.25) is 19.1 Å². The van der Waals surface area contributed by atoms with E-state index in [0.29, 0.717) is 48.6 Å². The maximum atomic E-state index is 14.5. The predicted molar refractivity (Wildman–Crippen MR) is 195 cm³/mol. The van der Waals surface area contributed by atoms with Crippen molar-refractivity contribution in [1.82, 2.24) is 19.9 Å². The van der Waals surface area contributed by atoms with Gasteiger partial charge in [0.05, 0.1) is 34.2 Å². The van der Waals surface area contributed by atoms with Gasteiger partial charge in [0.1, 0.15) is 29.5 Å². The summed E-state index contributed by atoms with van der Waals surface area (Å²) in [7, 11) is -2.46. The molecule has 0 bridgehead atoms. The lowest BCUT2D eigenvalue weighted by Crippen LogP contribution is -2.58. The molecule has 4 aliphatic rings. The summed E-state index contributed by atoms with van der Waals surface area (Å²) in [6.07, 6.45) is 2.38. The molecule has 0 radical (unpaired) electrons. The number of sulfonamides is 1. The van der Waals surface area contributed by atoms with E-state index in [1.807, 2.05) is 18.2 Å². The lowest BCUT2D eigenvalue weighted by atomic mass is 10.0. The summed E-state index contributed by atoms with van der Waals surface area (Å²) >= 11 is 1.26. The van der Waals surface area contributed by atoms with E-state index in [9.17, 15) is 36.0 Å². The third-order valence-electron chi connectivity index (χ3n) is 10.8. The number of hydrogen-bond acceptors (Lipinski definition) is 10. The third-order valence-corrected chi connectivity index (χ3v) is 13.9. The minimum Gasteiger partial charge on any atom is -0.497 e. The van der Waals surface area contributed by atoms with Crippen molar-refractivity contribution >= 4 is 55.0 Å². The number of rotatable bonds is 8. The van der Waals surface area contributed by atoms with Crippen molar-refractivity contribution in [3.05, 3.63) is 60.2 Å². The van der Waals surface area contributed by atoms with Crippen LogP contribution >= 0.6 is 11.3 Å². The summed E-state index contributed by atoms with van der Waals surface area (Å²) < 4.78 is 80.6. The monoisotopic (exact) mass is 789 g/mol. The van der Waals surface area contributed by atoms with Crippen LogP contribution in [-0.2, 0) is 30.6 Å². The van der Waals surface area contributed by atoms with Crippen LogP contribution in [0.5, 0.6) is 10.9 Å². The molecule has 1 aromatic heterocycles. The van der Waals surface area contributed by atoms with E-state index in [-0.39, 0.29) is 31.5 Å². The zero-order valence-corrected chi connectivity index (χ0v) is 31.4. The number of amides is 3. The fraction of sp³-hybridized carbons (Fsp3) is 0.514. The Bertz CT molecular complexity index is 2090. The van der Waals surface area contributed by atoms with Crippen LogP contribution in [-0.4, -0.2) is 78.2 Å². The van der Waals surface area contributed by atoms with Crippen molar-refractivity contribution in [1.29, 1.82) is 0 Å². The topological polar surface area (TPSA) is 156 Å². The summed E-state index contributed by atoms with van der Waals surface area (Å²) in [5.41, 5.74) is -1.66. The number of carbonyl (C=O) groups excluding carboxylic acids is 3. The van der Waals surface area contributed by atoms with E-state index in [2.05, 4.69) is 20.3 Å². The van der Waals surface area contributed by atoms with Gasteiger partial charge < -0.3 is 25.0 Å². The van der Waals surface area contributed by atoms with Crippen molar-refractivity contribution in [2.45, 2.75) is 99.4 Å². The molecule has 2 saturated carbocycles. The molecule has 0 spiro atoms. The van der Waals surface area contributed by atoms with Gasteiger partial charge in [-0.2, -0.15) is 13.2 Å². The predicted octanol–water partition coefficient (Wildman–Crippen LogP) is 5.55. The van der Waals surface area contributed by atoms with Gasteiger partial charge in [-0.25, -0.2) is 13.4 Å². The Labute approximate surface area is 314 Å². The van der Waals surface area contributed by atoms with E-state index in [1.54, 1.807) is 26.2 Å². The fourth-order valence-electron chi connectivity index (χ4n) is 7.14. The highest BCUT2D eigenvalue weighted by molar-refractivity contribution is 7.91. The fourth-order valence-corrected chi connectivity index (χ4v) is 9.36. The van der Waals surface area contributed by atoms with Gasteiger partial charge in [0.25, 0.3) is 11.1 Å². The Kier molecular flexibility index (Phi) is 10.1. The summed E-state index contributed by atoms with van der Waals surface area (Å²) in [6.45, 7) is 1.51. The van der Waals surface area contributed by atoms with Crippen LogP contribution < -0.4 is 24.8 Å². The van der Waals surface area contributed by atoms with Gasteiger partial charge in [0.2, 0.25) is 21.8 Å². The number of hydrogen-bond donors (Lipinski definition) is 3. The number of halogens is 3. The van der Waals surface area contributed by atoms with Crippen molar-refractivity contribution < 1.29 is 45.4 Å². The third kappa shape index (κ3) is 7.74. The van der Waals surface area contributed by atoms with E-state index in [4.69, 9.17) is 9.47 Å². The zero-order chi connectivity index (χ0) is 38.5. The molecule has 12 nitrogen and oxygen atoms in total. The summed E-state index contributed by atoms with van der Waals surface area (Å²) in [5, 5.41) is 6.16. The summed E-state index contributed by atoms with van der Waals surface area (Å²) in [5.74, 6) is -1.86. The molecular weight excluding hydrogens is 748 g/mol. The molecule has 3 aromatic rings. The van der Waals surface area contributed by atoms with Crippen LogP contribution in [0.4, 0.5) is 18.9 Å². The number of nitrogens with one attached hydrogen (secondary N) is 3. The number of allylic oxidation sites excluding steroid dienone is 1. The van der Waals surface area contributed by atoms with Gasteiger partial charge in [0.15, 0.2) is 0 Å². The number of aromatic nitrogens is 1. The van der Waals surface area contributed by atoms with Crippen molar-refractivity contribution in [2.75, 3.05) is 19.0 Å². The molecule has 17 heteroatoms. The van der Waals surface area contributed by atoms with Gasteiger partial charge in [-0.05, 0) is 81.8 Å². The molecule has 2 aromatic carbocycles. The van der Waals surface area contributed by atoms with Gasteiger partial charge in [-0.1, -0.05) is 42.4 Å². The molecular formula is C37H42F3N5O7S2. The first-order valence-corrected chi connectivity index (χ1v) is 20.3. The van der Waals surface area contributed by atoms with Gasteiger partial charge in [-0.15, -0.1) is 0 Å². The number of ether oxygens (including phenoxy) is 2. The Morgan fingerprint density at radius 3 is 2.65 bits per heavy atom. The zero-order valence-electron chi connectivity index (χ0n) is 29.8. The minimum absolute atomic E-state index is 0.0155. The van der Waals surface area contributed by atoms with Crippen molar-refractivity contribution in [3.8, 4) is 10.9 Å². The minimum atomic E-state index is -4.59. The summed E-state index contributed by atoms with van der Waals surface area (Å²) in [4.78, 5) is 48.6. The first-order chi connectivity index (χ1) is 25.6. The second-order valence-electron chi connectivity index (χ2n) is 14.8. The van der Waals surface area contributed by atoms with E-state index in [0.717, 1.165) is 23.3 Å². The standard InChI is InChI=1S/C37H42F3N5O7S2/c1-35(15-16-35)54(49,50)44-33(48)36-20-23(36)9-6-4-3-5-7-12-28(41-24-11-8-10-22(17-24)37(38,39)40)32(47)45-21-26(18-29(45)31(46)43-36)52-34-42-27-14-13-25(51-2)19-30(27)53-34/h6,8-11,13-14,17,19,23,26,28-29,41H,3-5,7,12,15-16,18,20-21H2,1-2H3,(H,43,46)(H,44,48)/b9-6-/t23-,26+,28-,29-,36+/m0/s1. The van der Waals surface area contributed by atoms with Crippen LogP contribution in [0.2, 0.25) is 0 Å². The van der Waals surface area contributed by atoms with Gasteiger partial charge in [0, 0.05) is 18.0 Å². The highest BCUT2D eigenvalue weighted by atomic mass is 32.2. The second kappa shape index (κ2) is 14.4. The number of nitrogens with zero attached hydrogens (tertiary/aromatic N) is 2. The van der Waals surface area contributed by atoms with Crippen LogP contribution in [0.15, 0.2) is 54.6 Å². The molecule has 3 amide bonds. The first-order valence-electron chi connectivity index (χ1n) is 18.0. The Morgan fingerprint density at radius 1 is 1.11 bits per heavy atom. The van der Waals surface area contributed by atoms with Crippen molar-refractivity contribution in [3.63, 3.8) is 0 Å². The molecule has 3 heterocycles. The Morgan fingerprint density at radius 2 is 1.91 bits per heavy atom. The number of methoxy groups -OCH3 is 1. The van der Waals surface area contributed by atoms with Crippen LogP contribution in [0.3, 0.4) is 0 Å². The largest absolute Gasteiger partial charge is 0.497 e. The molecule has 5 atom stereocenters. The molecule has 2 aliphatic carbocycles. The lowest BCUT2D eigenvalue weighted by molar-refractivity contribution is -0.140. The van der Waals surface area contributed by atoms with E-state index in [1.165, 1.54) is 28.4 Å². The highest BCUT2D eigenvalue weighted by Gasteiger charge is 2.63. The maximum absolute atomic E-state index is 14.5. The number of fused-ring (bicyclic) bond motifs is 3. The highest BCUT2D eigenvalue weighted by Crippen LogP contribution is 2.47. The molecule has 7 rings (SSSR count). The van der Waals surface area contributed by atoms with Gasteiger partial charge >= 0.3 is 6.18 Å². The number of alkyl halides is 3. The van der Waals surface area contributed by atoms with Crippen molar-refractivity contribution in [2.24, 2.45) is 5.92 Å². The van der Waals surface area contributed by atoms with Crippen LogP contribution in [0.25, 0.3) is 10.2 Å². The maximum Gasteiger partial charge on any atom is 0.416 e. The molecule has 2 aliphatic heterocycles. The molecule has 3 N–H and O–H groups in total. The quantitative estimate of drug-likeness (QED) is 0.249. The molecule has 3 fully saturated rings. The molecule has 0 unspecified atom stereocenters. The number of carbonyl (C=O) groups is 3. The van der Waals surface area contributed by atoms with Crippen LogP contribution in [0.1, 0.15) is 70.3 Å². The number of thiazole rings is 1. The Hall–Kier alpha value is -4.38. The Balaban J connectivity index is 1.19. The number of benzene rings is 2. The second-order valence-corrected chi connectivity index (χ2v) is 18.0. The molecule has 54 heavy (non-hydrogen) atoms. The normalized spacial score (nSPS) is 27.8. The SMILES string of the molecule is COc1ccc2nc(O[C@@H]3C[C@H]4C(=O)N[C@]5(C(=O)NS(=O)(=O)C6(C)CC6)C[C@@H]5/C=C\CCCCC[C@H](Nc5cccc(C(F)(F)F)c5)C(=O)N4C3)sc2c1. The van der Waals surface area contributed by atoms with Crippen LogP contribution in [0, 0.1) is 5.92 Å². The molecule has 1 saturated heterocycles.